The van der Waals surface area contributed by atoms with E-state index in [-0.39, 0.29) is 25.0 Å². The lowest BCUT2D eigenvalue weighted by Gasteiger charge is -2.33. The van der Waals surface area contributed by atoms with Crippen molar-refractivity contribution in [3.8, 4) is 23.0 Å². The van der Waals surface area contributed by atoms with Gasteiger partial charge in [-0.05, 0) is 44.9 Å². The van der Waals surface area contributed by atoms with Crippen LogP contribution in [0.5, 0.6) is 23.0 Å². The molecule has 0 aromatic heterocycles. The van der Waals surface area contributed by atoms with Crippen molar-refractivity contribution in [2.45, 2.75) is 52.2 Å². The quantitative estimate of drug-likeness (QED) is 0.535. The van der Waals surface area contributed by atoms with Crippen LogP contribution in [0.15, 0.2) is 42.5 Å². The molecule has 186 valence electrons. The Balaban J connectivity index is 2.29. The van der Waals surface area contributed by atoms with Gasteiger partial charge in [-0.25, -0.2) is 0 Å². The minimum Gasteiger partial charge on any atom is -0.497 e. The molecule has 0 heterocycles. The fraction of sp³-hybridized carbons (Fsp3) is 0.462. The summed E-state index contributed by atoms with van der Waals surface area (Å²) < 4.78 is 21.6. The van der Waals surface area contributed by atoms with Crippen LogP contribution in [0.2, 0.25) is 0 Å². The van der Waals surface area contributed by atoms with Crippen molar-refractivity contribution in [1.29, 1.82) is 0 Å². The molecule has 0 radical (unpaired) electrons. The number of hydrogen-bond donors (Lipinski definition) is 1. The van der Waals surface area contributed by atoms with Gasteiger partial charge in [-0.15, -0.1) is 0 Å². The molecule has 0 aliphatic heterocycles. The Morgan fingerprint density at radius 1 is 0.912 bits per heavy atom. The van der Waals surface area contributed by atoms with Crippen LogP contribution in [-0.4, -0.2) is 56.2 Å². The second-order valence-electron chi connectivity index (χ2n) is 8.87. The van der Waals surface area contributed by atoms with E-state index in [1.165, 1.54) is 0 Å². The molecule has 0 unspecified atom stereocenters. The SMILES string of the molecule is CC[C@H](C(=O)NC(C)(C)C)N(Cc1cccc(OC)c1)C(=O)COc1cc(OC)cc(OC)c1. The first-order valence-electron chi connectivity index (χ1n) is 11.2. The number of nitrogens with zero attached hydrogens (tertiary/aromatic N) is 1. The van der Waals surface area contributed by atoms with E-state index >= 15 is 0 Å². The van der Waals surface area contributed by atoms with E-state index in [0.29, 0.717) is 29.4 Å². The van der Waals surface area contributed by atoms with Crippen molar-refractivity contribution in [3.63, 3.8) is 0 Å². The van der Waals surface area contributed by atoms with E-state index in [2.05, 4.69) is 5.32 Å². The Kier molecular flexibility index (Phi) is 9.59. The molecule has 1 atom stereocenters. The predicted molar refractivity (Wildman–Crippen MR) is 131 cm³/mol. The zero-order valence-electron chi connectivity index (χ0n) is 21.1. The molecule has 2 rings (SSSR count). The molecule has 0 bridgehead atoms. The molecule has 34 heavy (non-hydrogen) atoms. The number of carbonyl (C=O) groups excluding carboxylic acids is 2. The van der Waals surface area contributed by atoms with E-state index in [9.17, 15) is 9.59 Å². The predicted octanol–water partition coefficient (Wildman–Crippen LogP) is 3.81. The largest absolute Gasteiger partial charge is 0.497 e. The van der Waals surface area contributed by atoms with Gasteiger partial charge in [0.1, 0.15) is 29.0 Å². The summed E-state index contributed by atoms with van der Waals surface area (Å²) in [5, 5.41) is 2.99. The molecule has 1 N–H and O–H groups in total. The summed E-state index contributed by atoms with van der Waals surface area (Å²) in [6.07, 6.45) is 0.449. The highest BCUT2D eigenvalue weighted by atomic mass is 16.5. The Bertz CT molecular complexity index is 948. The van der Waals surface area contributed by atoms with Gasteiger partial charge in [0.15, 0.2) is 6.61 Å². The number of benzene rings is 2. The highest BCUT2D eigenvalue weighted by Gasteiger charge is 2.31. The molecule has 2 aromatic rings. The molecule has 0 saturated carbocycles. The lowest BCUT2D eigenvalue weighted by Crippen LogP contribution is -2.54. The number of carbonyl (C=O) groups is 2. The van der Waals surface area contributed by atoms with Crippen molar-refractivity contribution in [2.75, 3.05) is 27.9 Å². The average Bonchev–Trinajstić information content (AvgIpc) is 2.81. The van der Waals surface area contributed by atoms with Gasteiger partial charge in [0.25, 0.3) is 5.91 Å². The van der Waals surface area contributed by atoms with Crippen LogP contribution in [0.25, 0.3) is 0 Å². The zero-order chi connectivity index (χ0) is 25.3. The molecule has 2 amide bonds. The van der Waals surface area contributed by atoms with Gasteiger partial charge in [0.2, 0.25) is 5.91 Å². The normalized spacial score (nSPS) is 11.9. The van der Waals surface area contributed by atoms with Gasteiger partial charge >= 0.3 is 0 Å². The maximum absolute atomic E-state index is 13.4. The van der Waals surface area contributed by atoms with Crippen LogP contribution in [0.1, 0.15) is 39.7 Å². The highest BCUT2D eigenvalue weighted by molar-refractivity contribution is 5.88. The summed E-state index contributed by atoms with van der Waals surface area (Å²) in [5.41, 5.74) is 0.417. The Hall–Kier alpha value is -3.42. The summed E-state index contributed by atoms with van der Waals surface area (Å²) in [4.78, 5) is 28.0. The van der Waals surface area contributed by atoms with E-state index in [1.807, 2.05) is 52.0 Å². The number of ether oxygens (including phenoxy) is 4. The topological polar surface area (TPSA) is 86.3 Å². The van der Waals surface area contributed by atoms with Crippen molar-refractivity contribution in [1.82, 2.24) is 10.2 Å². The summed E-state index contributed by atoms with van der Waals surface area (Å²) in [6, 6.07) is 11.8. The zero-order valence-corrected chi connectivity index (χ0v) is 21.1. The molecule has 2 aromatic carbocycles. The number of rotatable bonds is 11. The molecule has 8 nitrogen and oxygen atoms in total. The minimum atomic E-state index is -0.665. The highest BCUT2D eigenvalue weighted by Crippen LogP contribution is 2.27. The Morgan fingerprint density at radius 2 is 1.50 bits per heavy atom. The molecule has 0 spiro atoms. The van der Waals surface area contributed by atoms with Crippen LogP contribution in [0.4, 0.5) is 0 Å². The Morgan fingerprint density at radius 3 is 2.03 bits per heavy atom. The second-order valence-corrected chi connectivity index (χ2v) is 8.87. The molecule has 0 aliphatic carbocycles. The first-order chi connectivity index (χ1) is 16.1. The minimum absolute atomic E-state index is 0.214. The maximum Gasteiger partial charge on any atom is 0.261 e. The third-order valence-electron chi connectivity index (χ3n) is 5.06. The summed E-state index contributed by atoms with van der Waals surface area (Å²) in [5.74, 6) is 1.67. The molecular weight excluding hydrogens is 436 g/mol. The van der Waals surface area contributed by atoms with Gasteiger partial charge in [-0.1, -0.05) is 19.1 Å². The van der Waals surface area contributed by atoms with Gasteiger partial charge in [-0.2, -0.15) is 0 Å². The summed E-state index contributed by atoms with van der Waals surface area (Å²) in [7, 11) is 4.67. The monoisotopic (exact) mass is 472 g/mol. The van der Waals surface area contributed by atoms with Gasteiger partial charge in [-0.3, -0.25) is 9.59 Å². The van der Waals surface area contributed by atoms with E-state index in [0.717, 1.165) is 5.56 Å². The van der Waals surface area contributed by atoms with E-state index in [1.54, 1.807) is 44.4 Å². The van der Waals surface area contributed by atoms with Gasteiger partial charge < -0.3 is 29.2 Å². The number of nitrogens with one attached hydrogen (secondary N) is 1. The lowest BCUT2D eigenvalue weighted by atomic mass is 10.1. The van der Waals surface area contributed by atoms with Crippen molar-refractivity contribution < 1.29 is 28.5 Å². The second kappa shape index (κ2) is 12.2. The molecular formula is C26H36N2O6. The smallest absolute Gasteiger partial charge is 0.261 e. The van der Waals surface area contributed by atoms with Crippen molar-refractivity contribution >= 4 is 11.8 Å². The van der Waals surface area contributed by atoms with E-state index < -0.39 is 11.6 Å². The first-order valence-corrected chi connectivity index (χ1v) is 11.2. The van der Waals surface area contributed by atoms with E-state index in [4.69, 9.17) is 18.9 Å². The lowest BCUT2D eigenvalue weighted by molar-refractivity contribution is -0.143. The molecule has 0 fully saturated rings. The van der Waals surface area contributed by atoms with Crippen LogP contribution in [0.3, 0.4) is 0 Å². The number of methoxy groups -OCH3 is 3. The van der Waals surface area contributed by atoms with Gasteiger partial charge in [0.05, 0.1) is 21.3 Å². The molecule has 0 saturated heterocycles. The van der Waals surface area contributed by atoms with Crippen LogP contribution >= 0.6 is 0 Å². The summed E-state index contributed by atoms with van der Waals surface area (Å²) >= 11 is 0. The third kappa shape index (κ3) is 7.86. The van der Waals surface area contributed by atoms with Crippen molar-refractivity contribution in [3.05, 3.63) is 48.0 Å². The molecule has 0 aliphatic rings. The first kappa shape index (κ1) is 26.8. The Labute approximate surface area is 202 Å². The fourth-order valence-corrected chi connectivity index (χ4v) is 3.43. The molecule has 8 heteroatoms. The number of amides is 2. The standard InChI is InChI=1S/C26H36N2O6/c1-8-23(25(30)27-26(2,3)4)28(16-18-10-9-11-19(12-18)31-5)24(29)17-34-22-14-20(32-6)13-21(15-22)33-7/h9-15,23H,8,16-17H2,1-7H3,(H,27,30)/t23-/m1/s1. The van der Waals surface area contributed by atoms with Crippen LogP contribution in [-0.2, 0) is 16.1 Å². The number of hydrogen-bond acceptors (Lipinski definition) is 6. The van der Waals surface area contributed by atoms with Crippen LogP contribution < -0.4 is 24.3 Å². The maximum atomic E-state index is 13.4. The summed E-state index contributed by atoms with van der Waals surface area (Å²) in [6.45, 7) is 7.59. The average molecular weight is 473 g/mol. The fourth-order valence-electron chi connectivity index (χ4n) is 3.43. The van der Waals surface area contributed by atoms with Crippen LogP contribution in [0, 0.1) is 0 Å². The van der Waals surface area contributed by atoms with Gasteiger partial charge in [0, 0.05) is 30.3 Å². The third-order valence-corrected chi connectivity index (χ3v) is 5.06. The van der Waals surface area contributed by atoms with Crippen molar-refractivity contribution in [2.24, 2.45) is 0 Å².